The van der Waals surface area contributed by atoms with Gasteiger partial charge < -0.3 is 10.3 Å². The molecule has 0 aromatic carbocycles. The number of aryl methyl sites for hydroxylation is 1. The molecule has 0 unspecified atom stereocenters. The quantitative estimate of drug-likeness (QED) is 0.676. The lowest BCUT2D eigenvalue weighted by molar-refractivity contribution is 0.364. The molecule has 0 spiro atoms. The molecule has 9 heteroatoms. The minimum Gasteiger partial charge on any atom is -0.337 e. The summed E-state index contributed by atoms with van der Waals surface area (Å²) in [6, 6.07) is 0. The second-order valence-electron chi connectivity index (χ2n) is 4.03. The van der Waals surface area contributed by atoms with Crippen molar-refractivity contribution in [2.45, 2.75) is 13.1 Å². The van der Waals surface area contributed by atoms with Crippen molar-refractivity contribution in [2.75, 3.05) is 0 Å². The molecule has 0 atom stereocenters. The Balaban J connectivity index is 1.78. The summed E-state index contributed by atoms with van der Waals surface area (Å²) in [5, 5.41) is 15.7. The van der Waals surface area contributed by atoms with Crippen LogP contribution in [0.25, 0.3) is 11.4 Å². The molecule has 0 saturated carbocycles. The van der Waals surface area contributed by atoms with Crippen LogP contribution < -0.4 is 5.73 Å². The van der Waals surface area contributed by atoms with Crippen molar-refractivity contribution in [3.8, 4) is 11.4 Å². The third-order valence-electron chi connectivity index (χ3n) is 2.52. The molecule has 0 saturated heterocycles. The van der Waals surface area contributed by atoms with Crippen molar-refractivity contribution in [2.24, 2.45) is 12.8 Å². The molecule has 3 rings (SSSR count). The summed E-state index contributed by atoms with van der Waals surface area (Å²) in [6.45, 7) is 0.713. The second kappa shape index (κ2) is 4.61. The minimum absolute atomic E-state index is 0.352. The van der Waals surface area contributed by atoms with E-state index in [0.29, 0.717) is 30.5 Å². The van der Waals surface area contributed by atoms with Gasteiger partial charge in [-0.2, -0.15) is 10.1 Å². The van der Waals surface area contributed by atoms with E-state index in [0.717, 1.165) is 5.56 Å². The first-order valence-electron chi connectivity index (χ1n) is 5.65. The van der Waals surface area contributed by atoms with Gasteiger partial charge in [0.25, 0.3) is 0 Å². The van der Waals surface area contributed by atoms with Crippen LogP contribution in [0.15, 0.2) is 23.1 Å². The van der Waals surface area contributed by atoms with Gasteiger partial charge in [-0.25, -0.2) is 4.68 Å². The molecular formula is C10H12N8O. The van der Waals surface area contributed by atoms with Crippen LogP contribution in [0.5, 0.6) is 0 Å². The highest BCUT2D eigenvalue weighted by Crippen LogP contribution is 2.14. The molecule has 3 aromatic heterocycles. The molecule has 9 nitrogen and oxygen atoms in total. The standard InChI is InChI=1S/C10H12N8O/c1-17-4-7(3-12-17)10-13-9(19-15-10)6-18-5-8(2-11)14-16-18/h3-5H,2,6,11H2,1H3. The smallest absolute Gasteiger partial charge is 0.248 e. The highest BCUT2D eigenvalue weighted by molar-refractivity contribution is 5.50. The van der Waals surface area contributed by atoms with Crippen LogP contribution in [-0.2, 0) is 20.1 Å². The Bertz CT molecular complexity index is 681. The highest BCUT2D eigenvalue weighted by Gasteiger charge is 2.11. The van der Waals surface area contributed by atoms with Gasteiger partial charge in [0.05, 0.1) is 23.7 Å². The summed E-state index contributed by atoms with van der Waals surface area (Å²) in [5.41, 5.74) is 6.98. The van der Waals surface area contributed by atoms with Crippen molar-refractivity contribution in [1.29, 1.82) is 0 Å². The lowest BCUT2D eigenvalue weighted by atomic mass is 10.3. The fourth-order valence-electron chi connectivity index (χ4n) is 1.62. The summed E-state index contributed by atoms with van der Waals surface area (Å²) < 4.78 is 8.43. The van der Waals surface area contributed by atoms with Crippen LogP contribution in [0.2, 0.25) is 0 Å². The molecule has 19 heavy (non-hydrogen) atoms. The molecule has 2 N–H and O–H groups in total. The Labute approximate surface area is 108 Å². The normalized spacial score (nSPS) is 11.1. The van der Waals surface area contributed by atoms with Crippen LogP contribution >= 0.6 is 0 Å². The summed E-state index contributed by atoms with van der Waals surface area (Å²) in [4.78, 5) is 4.27. The molecule has 3 aromatic rings. The van der Waals surface area contributed by atoms with E-state index < -0.39 is 0 Å². The van der Waals surface area contributed by atoms with E-state index in [1.54, 1.807) is 21.8 Å². The molecule has 98 valence electrons. The maximum absolute atomic E-state index is 5.46. The molecule has 0 aliphatic heterocycles. The van der Waals surface area contributed by atoms with Gasteiger partial charge in [-0.05, 0) is 0 Å². The number of nitrogens with zero attached hydrogens (tertiary/aromatic N) is 7. The highest BCUT2D eigenvalue weighted by atomic mass is 16.5. The molecule has 0 aliphatic carbocycles. The van der Waals surface area contributed by atoms with E-state index in [-0.39, 0.29) is 0 Å². The van der Waals surface area contributed by atoms with Crippen LogP contribution in [0.4, 0.5) is 0 Å². The maximum atomic E-state index is 5.46. The van der Waals surface area contributed by atoms with Crippen LogP contribution in [0, 0.1) is 0 Å². The Morgan fingerprint density at radius 2 is 2.26 bits per heavy atom. The molecule has 0 radical (unpaired) electrons. The third-order valence-corrected chi connectivity index (χ3v) is 2.52. The van der Waals surface area contributed by atoms with Gasteiger partial charge in [0.15, 0.2) is 0 Å². The van der Waals surface area contributed by atoms with Crippen LogP contribution in [0.3, 0.4) is 0 Å². The van der Waals surface area contributed by atoms with Crippen molar-refractivity contribution >= 4 is 0 Å². The first-order chi connectivity index (χ1) is 9.24. The number of rotatable bonds is 4. The molecule has 0 amide bonds. The number of nitrogens with two attached hydrogens (primary N) is 1. The zero-order valence-electron chi connectivity index (χ0n) is 10.3. The monoisotopic (exact) mass is 260 g/mol. The zero-order chi connectivity index (χ0) is 13.2. The van der Waals surface area contributed by atoms with Crippen LogP contribution in [-0.4, -0.2) is 34.9 Å². The van der Waals surface area contributed by atoms with Crippen LogP contribution in [0.1, 0.15) is 11.6 Å². The topological polar surface area (TPSA) is 113 Å². The van der Waals surface area contributed by atoms with Crippen molar-refractivity contribution in [1.82, 2.24) is 34.9 Å². The lowest BCUT2D eigenvalue weighted by Crippen LogP contribution is -2.00. The van der Waals surface area contributed by atoms with Gasteiger partial charge in [0.2, 0.25) is 11.7 Å². The largest absolute Gasteiger partial charge is 0.337 e. The molecule has 0 fully saturated rings. The van der Waals surface area contributed by atoms with E-state index in [1.807, 2.05) is 13.2 Å². The predicted octanol–water partition coefficient (Wildman–Crippen LogP) is -0.431. The second-order valence-corrected chi connectivity index (χ2v) is 4.03. The summed E-state index contributed by atoms with van der Waals surface area (Å²) in [6.07, 6.45) is 5.24. The van der Waals surface area contributed by atoms with Crippen molar-refractivity contribution < 1.29 is 4.52 Å². The predicted molar refractivity (Wildman–Crippen MR) is 63.5 cm³/mol. The van der Waals surface area contributed by atoms with E-state index in [2.05, 4.69) is 25.6 Å². The average Bonchev–Trinajstić information content (AvgIpc) is 3.10. The van der Waals surface area contributed by atoms with E-state index >= 15 is 0 Å². The zero-order valence-corrected chi connectivity index (χ0v) is 10.3. The molecule has 0 bridgehead atoms. The Kier molecular flexibility index (Phi) is 2.80. The number of hydrogen-bond donors (Lipinski definition) is 1. The molecule has 3 heterocycles. The van der Waals surface area contributed by atoms with Gasteiger partial charge in [-0.3, -0.25) is 4.68 Å². The lowest BCUT2D eigenvalue weighted by Gasteiger charge is -1.91. The van der Waals surface area contributed by atoms with E-state index in [1.165, 1.54) is 0 Å². The van der Waals surface area contributed by atoms with Gasteiger partial charge in [-0.1, -0.05) is 10.4 Å². The van der Waals surface area contributed by atoms with Gasteiger partial charge in [-0.15, -0.1) is 5.10 Å². The van der Waals surface area contributed by atoms with Gasteiger partial charge >= 0.3 is 0 Å². The van der Waals surface area contributed by atoms with Gasteiger partial charge in [0.1, 0.15) is 6.54 Å². The fourth-order valence-corrected chi connectivity index (χ4v) is 1.62. The third kappa shape index (κ3) is 2.36. The van der Waals surface area contributed by atoms with Crippen molar-refractivity contribution in [3.63, 3.8) is 0 Å². The minimum atomic E-state index is 0.352. The Morgan fingerprint density at radius 3 is 2.95 bits per heavy atom. The molecular weight excluding hydrogens is 248 g/mol. The van der Waals surface area contributed by atoms with E-state index in [9.17, 15) is 0 Å². The Hall–Kier alpha value is -2.55. The average molecular weight is 260 g/mol. The molecule has 0 aliphatic rings. The van der Waals surface area contributed by atoms with Crippen molar-refractivity contribution in [3.05, 3.63) is 30.2 Å². The fraction of sp³-hybridized carbons (Fsp3) is 0.300. The summed E-state index contributed by atoms with van der Waals surface area (Å²) >= 11 is 0. The number of aromatic nitrogens is 7. The number of hydrogen-bond acceptors (Lipinski definition) is 7. The SMILES string of the molecule is Cn1cc(-c2noc(Cn3cc(CN)nn3)n2)cn1. The van der Waals surface area contributed by atoms with E-state index in [4.69, 9.17) is 10.3 Å². The maximum Gasteiger partial charge on any atom is 0.248 e. The first-order valence-corrected chi connectivity index (χ1v) is 5.65. The van der Waals surface area contributed by atoms with Gasteiger partial charge in [0, 0.05) is 19.8 Å². The summed E-state index contributed by atoms with van der Waals surface area (Å²) in [5.74, 6) is 0.953. The summed E-state index contributed by atoms with van der Waals surface area (Å²) in [7, 11) is 1.83. The Morgan fingerprint density at radius 1 is 1.37 bits per heavy atom. The first kappa shape index (κ1) is 11.5.